The first-order valence-corrected chi connectivity index (χ1v) is 7.51. The molecule has 0 spiro atoms. The van der Waals surface area contributed by atoms with Gasteiger partial charge in [0.05, 0.1) is 12.5 Å². The first-order valence-electron chi connectivity index (χ1n) is 7.51. The van der Waals surface area contributed by atoms with Crippen LogP contribution in [0.5, 0.6) is 5.88 Å². The van der Waals surface area contributed by atoms with Gasteiger partial charge in [0.25, 0.3) is 5.92 Å². The maximum Gasteiger partial charge on any atom is 0.250 e. The molecule has 0 unspecified atom stereocenters. The molecule has 5 nitrogen and oxygen atoms in total. The Hall–Kier alpha value is -2.57. The molecule has 1 aliphatic carbocycles. The molecule has 2 aromatic heterocycles. The summed E-state index contributed by atoms with van der Waals surface area (Å²) in [5.41, 5.74) is 0.0512. The molecule has 1 N–H and O–H groups in total. The van der Waals surface area contributed by atoms with Crippen LogP contribution in [0.25, 0.3) is 0 Å². The molecule has 1 amide bonds. The summed E-state index contributed by atoms with van der Waals surface area (Å²) in [5.74, 6) is -2.78. The molecule has 24 heavy (non-hydrogen) atoms. The fraction of sp³-hybridized carbons (Fsp3) is 0.353. The van der Waals surface area contributed by atoms with Crippen molar-refractivity contribution in [1.82, 2.24) is 15.3 Å². The van der Waals surface area contributed by atoms with Gasteiger partial charge in [0.15, 0.2) is 0 Å². The van der Waals surface area contributed by atoms with E-state index in [4.69, 9.17) is 4.74 Å². The van der Waals surface area contributed by atoms with Gasteiger partial charge in [-0.2, -0.15) is 0 Å². The predicted octanol–water partition coefficient (Wildman–Crippen LogP) is 2.47. The molecular weight excluding hydrogens is 316 g/mol. The average molecular weight is 333 g/mol. The number of halogens is 2. The molecule has 3 rings (SSSR count). The summed E-state index contributed by atoms with van der Waals surface area (Å²) in [7, 11) is 1.51. The van der Waals surface area contributed by atoms with Crippen molar-refractivity contribution in [3.8, 4) is 5.88 Å². The molecule has 1 saturated carbocycles. The van der Waals surface area contributed by atoms with Crippen LogP contribution in [-0.4, -0.2) is 28.9 Å². The van der Waals surface area contributed by atoms with Gasteiger partial charge in [0.2, 0.25) is 11.8 Å². The quantitative estimate of drug-likeness (QED) is 0.913. The largest absolute Gasteiger partial charge is 0.481 e. The number of aromatic nitrogens is 2. The standard InChI is InChI=1S/C17H17F2N3O2/c1-24-14-5-4-12(7-21-14)8-22-15(23)16(10-17(18,19)11-16)13-3-2-6-20-9-13/h2-7,9H,8,10-11H2,1H3,(H,22,23). The number of rotatable bonds is 5. The Bertz CT molecular complexity index is 712. The number of hydrogen-bond acceptors (Lipinski definition) is 4. The van der Waals surface area contributed by atoms with E-state index in [1.807, 2.05) is 0 Å². The number of carbonyl (C=O) groups is 1. The van der Waals surface area contributed by atoms with Crippen molar-refractivity contribution in [1.29, 1.82) is 0 Å². The minimum absolute atomic E-state index is 0.212. The Balaban J connectivity index is 1.73. The van der Waals surface area contributed by atoms with Gasteiger partial charge >= 0.3 is 0 Å². The fourth-order valence-electron chi connectivity index (χ4n) is 2.96. The molecule has 0 aliphatic heterocycles. The molecule has 7 heteroatoms. The molecule has 0 saturated heterocycles. The zero-order valence-electron chi connectivity index (χ0n) is 13.1. The lowest BCUT2D eigenvalue weighted by atomic mass is 9.61. The summed E-state index contributed by atoms with van der Waals surface area (Å²) >= 11 is 0. The number of pyridine rings is 2. The van der Waals surface area contributed by atoms with E-state index in [1.54, 1.807) is 36.7 Å². The van der Waals surface area contributed by atoms with E-state index in [2.05, 4.69) is 15.3 Å². The van der Waals surface area contributed by atoms with Crippen LogP contribution in [0.4, 0.5) is 8.78 Å². The van der Waals surface area contributed by atoms with Crippen LogP contribution in [0.15, 0.2) is 42.9 Å². The molecule has 126 valence electrons. The van der Waals surface area contributed by atoms with Crippen molar-refractivity contribution < 1.29 is 18.3 Å². The monoisotopic (exact) mass is 333 g/mol. The predicted molar refractivity (Wildman–Crippen MR) is 82.7 cm³/mol. The van der Waals surface area contributed by atoms with Crippen LogP contribution in [0.3, 0.4) is 0 Å². The molecule has 1 fully saturated rings. The second-order valence-corrected chi connectivity index (χ2v) is 5.92. The van der Waals surface area contributed by atoms with E-state index in [-0.39, 0.29) is 6.54 Å². The highest BCUT2D eigenvalue weighted by atomic mass is 19.3. The molecule has 2 heterocycles. The number of alkyl halides is 2. The van der Waals surface area contributed by atoms with Crippen molar-refractivity contribution in [3.63, 3.8) is 0 Å². The third-order valence-electron chi connectivity index (χ3n) is 4.23. The third-order valence-corrected chi connectivity index (χ3v) is 4.23. The molecule has 0 aromatic carbocycles. The number of methoxy groups -OCH3 is 1. The van der Waals surface area contributed by atoms with Gasteiger partial charge in [0, 0.05) is 44.0 Å². The lowest BCUT2D eigenvalue weighted by Gasteiger charge is -2.46. The van der Waals surface area contributed by atoms with Gasteiger partial charge in [-0.15, -0.1) is 0 Å². The molecule has 0 bridgehead atoms. The summed E-state index contributed by atoms with van der Waals surface area (Å²) in [6, 6.07) is 6.75. The minimum Gasteiger partial charge on any atom is -0.481 e. The van der Waals surface area contributed by atoms with E-state index in [9.17, 15) is 13.6 Å². The van der Waals surface area contributed by atoms with Crippen molar-refractivity contribution in [2.75, 3.05) is 7.11 Å². The molecule has 1 aliphatic rings. The van der Waals surface area contributed by atoms with Gasteiger partial charge < -0.3 is 10.1 Å². The zero-order valence-corrected chi connectivity index (χ0v) is 13.1. The number of nitrogens with one attached hydrogen (secondary N) is 1. The van der Waals surface area contributed by atoms with E-state index in [0.717, 1.165) is 5.56 Å². The van der Waals surface area contributed by atoms with Gasteiger partial charge in [-0.3, -0.25) is 9.78 Å². The number of hydrogen-bond donors (Lipinski definition) is 1. The fourth-order valence-corrected chi connectivity index (χ4v) is 2.96. The number of ether oxygens (including phenoxy) is 1. The normalized spacial score (nSPS) is 17.6. The van der Waals surface area contributed by atoms with Crippen LogP contribution in [0, 0.1) is 0 Å². The van der Waals surface area contributed by atoms with Crippen LogP contribution in [-0.2, 0) is 16.8 Å². The molecule has 0 atom stereocenters. The number of nitrogens with zero attached hydrogens (tertiary/aromatic N) is 2. The number of carbonyl (C=O) groups excluding carboxylic acids is 1. The van der Waals surface area contributed by atoms with Crippen LogP contribution < -0.4 is 10.1 Å². The zero-order chi connectivity index (χ0) is 17.2. The maximum absolute atomic E-state index is 13.5. The summed E-state index contributed by atoms with van der Waals surface area (Å²) in [6.07, 6.45) is 3.60. The van der Waals surface area contributed by atoms with Crippen LogP contribution in [0.2, 0.25) is 0 Å². The average Bonchev–Trinajstić information content (AvgIpc) is 2.58. The first-order chi connectivity index (χ1) is 11.5. The summed E-state index contributed by atoms with van der Waals surface area (Å²) in [4.78, 5) is 20.6. The van der Waals surface area contributed by atoms with Crippen molar-refractivity contribution in [2.45, 2.75) is 30.7 Å². The van der Waals surface area contributed by atoms with Crippen LogP contribution in [0.1, 0.15) is 24.0 Å². The van der Waals surface area contributed by atoms with E-state index in [0.29, 0.717) is 11.4 Å². The highest BCUT2D eigenvalue weighted by molar-refractivity contribution is 5.89. The Morgan fingerprint density at radius 3 is 2.62 bits per heavy atom. The van der Waals surface area contributed by atoms with Crippen molar-refractivity contribution >= 4 is 5.91 Å². The van der Waals surface area contributed by atoms with Gasteiger partial charge in [-0.05, 0) is 17.2 Å². The van der Waals surface area contributed by atoms with Crippen molar-refractivity contribution in [3.05, 3.63) is 54.0 Å². The lowest BCUT2D eigenvalue weighted by Crippen LogP contribution is -2.58. The van der Waals surface area contributed by atoms with Gasteiger partial charge in [-0.1, -0.05) is 12.1 Å². The SMILES string of the molecule is COc1ccc(CNC(=O)C2(c3cccnc3)CC(F)(F)C2)cn1. The lowest BCUT2D eigenvalue weighted by molar-refractivity contribution is -0.159. The summed E-state index contributed by atoms with van der Waals surface area (Å²) in [5, 5.41) is 2.73. The molecular formula is C17H17F2N3O2. The van der Waals surface area contributed by atoms with Crippen molar-refractivity contribution in [2.24, 2.45) is 0 Å². The van der Waals surface area contributed by atoms with E-state index < -0.39 is 30.1 Å². The highest BCUT2D eigenvalue weighted by Crippen LogP contribution is 2.53. The minimum atomic E-state index is -2.82. The highest BCUT2D eigenvalue weighted by Gasteiger charge is 2.61. The Kier molecular flexibility index (Phi) is 4.17. The second kappa shape index (κ2) is 6.14. The van der Waals surface area contributed by atoms with E-state index >= 15 is 0 Å². The smallest absolute Gasteiger partial charge is 0.250 e. The van der Waals surface area contributed by atoms with Gasteiger partial charge in [0.1, 0.15) is 0 Å². The Labute approximate surface area is 138 Å². The molecule has 2 aromatic rings. The third kappa shape index (κ3) is 3.06. The first kappa shape index (κ1) is 16.3. The van der Waals surface area contributed by atoms with Crippen LogP contribution >= 0.6 is 0 Å². The molecule has 0 radical (unpaired) electrons. The second-order valence-electron chi connectivity index (χ2n) is 5.92. The maximum atomic E-state index is 13.5. The van der Waals surface area contributed by atoms with Gasteiger partial charge in [-0.25, -0.2) is 13.8 Å². The topological polar surface area (TPSA) is 64.1 Å². The Morgan fingerprint density at radius 1 is 1.29 bits per heavy atom. The Morgan fingerprint density at radius 2 is 2.08 bits per heavy atom. The summed E-state index contributed by atoms with van der Waals surface area (Å²) < 4.78 is 32.0. The van der Waals surface area contributed by atoms with E-state index in [1.165, 1.54) is 13.3 Å². The summed E-state index contributed by atoms with van der Waals surface area (Å²) in [6.45, 7) is 0.212. The number of amides is 1.